The lowest BCUT2D eigenvalue weighted by molar-refractivity contribution is -0.386. The number of esters is 1. The van der Waals surface area contributed by atoms with E-state index >= 15 is 0 Å². The number of ether oxygens (including phenoxy) is 3. The Morgan fingerprint density at radius 1 is 1.28 bits per heavy atom. The number of nitro groups is 1. The Balaban J connectivity index is 2.98. The van der Waals surface area contributed by atoms with Crippen molar-refractivity contribution in [3.8, 4) is 11.5 Å². The first-order chi connectivity index (χ1) is 11.8. The van der Waals surface area contributed by atoms with Crippen molar-refractivity contribution in [2.45, 2.75) is 39.2 Å². The molecule has 0 fully saturated rings. The zero-order valence-corrected chi connectivity index (χ0v) is 14.3. The molecular weight excluding hydrogens is 334 g/mol. The summed E-state index contributed by atoms with van der Waals surface area (Å²) in [6.07, 6.45) is 0.117. The third-order valence-electron chi connectivity index (χ3n) is 3.33. The normalized spacial score (nSPS) is 11.5. The van der Waals surface area contributed by atoms with Crippen molar-refractivity contribution in [1.82, 2.24) is 0 Å². The molecule has 0 aliphatic heterocycles. The summed E-state index contributed by atoms with van der Waals surface area (Å²) in [5.41, 5.74) is -0.0645. The maximum Gasteiger partial charge on any atom is 0.303 e. The number of carbonyl (C=O) groups is 2. The molecule has 1 unspecified atom stereocenters. The van der Waals surface area contributed by atoms with E-state index in [-0.39, 0.29) is 35.8 Å². The number of hydrogen-bond acceptors (Lipinski definition) is 7. The highest BCUT2D eigenvalue weighted by atomic mass is 16.6. The van der Waals surface area contributed by atoms with E-state index in [0.29, 0.717) is 12.8 Å². The zero-order valence-electron chi connectivity index (χ0n) is 14.3. The predicted molar refractivity (Wildman–Crippen MR) is 86.8 cm³/mol. The Morgan fingerprint density at radius 3 is 2.48 bits per heavy atom. The third-order valence-corrected chi connectivity index (χ3v) is 3.33. The van der Waals surface area contributed by atoms with Crippen molar-refractivity contribution in [2.75, 3.05) is 13.7 Å². The SMILES string of the molecule is COc1cc(C(C)OC(C)=O)c([N+](=O)[O-])cc1OCCCCC(=O)O. The van der Waals surface area contributed by atoms with Gasteiger partial charge in [-0.2, -0.15) is 0 Å². The monoisotopic (exact) mass is 355 g/mol. The van der Waals surface area contributed by atoms with Gasteiger partial charge in [-0.05, 0) is 25.8 Å². The van der Waals surface area contributed by atoms with Crippen molar-refractivity contribution >= 4 is 17.6 Å². The summed E-state index contributed by atoms with van der Waals surface area (Å²) in [6, 6.07) is 2.61. The number of hydrogen-bond donors (Lipinski definition) is 1. The van der Waals surface area contributed by atoms with Gasteiger partial charge in [-0.1, -0.05) is 0 Å². The molecule has 0 saturated carbocycles. The molecule has 0 saturated heterocycles. The van der Waals surface area contributed by atoms with Crippen LogP contribution in [0.3, 0.4) is 0 Å². The standard InChI is InChI=1S/C16H21NO8/c1-10(25-11(2)18)12-8-14(23-3)15(9-13(12)17(21)22)24-7-5-4-6-16(19)20/h8-10H,4-7H2,1-3H3,(H,19,20). The van der Waals surface area contributed by atoms with Crippen LogP contribution >= 0.6 is 0 Å². The van der Waals surface area contributed by atoms with E-state index in [1.807, 2.05) is 0 Å². The second kappa shape index (κ2) is 9.45. The molecule has 9 heteroatoms. The van der Waals surface area contributed by atoms with Gasteiger partial charge in [0.25, 0.3) is 5.69 Å². The van der Waals surface area contributed by atoms with Gasteiger partial charge in [0.1, 0.15) is 6.10 Å². The molecule has 1 rings (SSSR count). The fourth-order valence-electron chi connectivity index (χ4n) is 2.19. The number of carbonyl (C=O) groups excluding carboxylic acids is 1. The number of unbranched alkanes of at least 4 members (excludes halogenated alkanes) is 1. The number of nitrogens with zero attached hydrogens (tertiary/aromatic N) is 1. The smallest absolute Gasteiger partial charge is 0.303 e. The molecule has 25 heavy (non-hydrogen) atoms. The first-order valence-electron chi connectivity index (χ1n) is 7.64. The van der Waals surface area contributed by atoms with Crippen molar-refractivity contribution in [3.63, 3.8) is 0 Å². The van der Waals surface area contributed by atoms with Gasteiger partial charge in [-0.15, -0.1) is 0 Å². The maximum absolute atomic E-state index is 11.3. The number of benzene rings is 1. The van der Waals surface area contributed by atoms with E-state index in [0.717, 1.165) is 0 Å². The molecule has 1 N–H and O–H groups in total. The first kappa shape index (κ1) is 20.2. The maximum atomic E-state index is 11.3. The van der Waals surface area contributed by atoms with E-state index in [2.05, 4.69) is 0 Å². The average molecular weight is 355 g/mol. The zero-order chi connectivity index (χ0) is 19.0. The average Bonchev–Trinajstić information content (AvgIpc) is 2.52. The Hall–Kier alpha value is -2.84. The van der Waals surface area contributed by atoms with E-state index in [1.54, 1.807) is 0 Å². The van der Waals surface area contributed by atoms with E-state index < -0.39 is 23.0 Å². The van der Waals surface area contributed by atoms with Crippen LogP contribution < -0.4 is 9.47 Å². The van der Waals surface area contributed by atoms with Crippen molar-refractivity contribution in [2.24, 2.45) is 0 Å². The molecule has 0 bridgehead atoms. The van der Waals surface area contributed by atoms with Gasteiger partial charge in [-0.3, -0.25) is 19.7 Å². The minimum atomic E-state index is -0.892. The van der Waals surface area contributed by atoms with Crippen molar-refractivity contribution in [1.29, 1.82) is 0 Å². The molecule has 1 aromatic carbocycles. The lowest BCUT2D eigenvalue weighted by atomic mass is 10.1. The Kier molecular flexibility index (Phi) is 7.64. The largest absolute Gasteiger partial charge is 0.493 e. The lowest BCUT2D eigenvalue weighted by Gasteiger charge is -2.16. The van der Waals surface area contributed by atoms with Crippen LogP contribution in [-0.2, 0) is 14.3 Å². The number of carboxylic acid groups (broad SMARTS) is 1. The first-order valence-corrected chi connectivity index (χ1v) is 7.64. The van der Waals surface area contributed by atoms with Crippen LogP contribution in [0.15, 0.2) is 12.1 Å². The predicted octanol–water partition coefficient (Wildman–Crippen LogP) is 2.86. The van der Waals surface area contributed by atoms with Gasteiger partial charge in [0.2, 0.25) is 0 Å². The molecule has 0 radical (unpaired) electrons. The van der Waals surface area contributed by atoms with E-state index in [1.165, 1.54) is 33.1 Å². The minimum absolute atomic E-state index is 0.0273. The van der Waals surface area contributed by atoms with Crippen LogP contribution in [0.2, 0.25) is 0 Å². The van der Waals surface area contributed by atoms with Crippen LogP contribution in [0, 0.1) is 10.1 Å². The van der Waals surface area contributed by atoms with Gasteiger partial charge in [0.15, 0.2) is 11.5 Å². The molecule has 0 heterocycles. The summed E-state index contributed by atoms with van der Waals surface area (Å²) in [5.74, 6) is -1.02. The molecule has 1 atom stereocenters. The van der Waals surface area contributed by atoms with Crippen LogP contribution in [-0.4, -0.2) is 35.7 Å². The molecule has 0 amide bonds. The molecule has 0 aliphatic rings. The lowest BCUT2D eigenvalue weighted by Crippen LogP contribution is -2.09. The van der Waals surface area contributed by atoms with Crippen LogP contribution in [0.25, 0.3) is 0 Å². The number of nitro benzene ring substituents is 1. The van der Waals surface area contributed by atoms with Gasteiger partial charge in [-0.25, -0.2) is 0 Å². The summed E-state index contributed by atoms with van der Waals surface area (Å²) in [6.45, 7) is 2.93. The molecule has 0 aromatic heterocycles. The Bertz CT molecular complexity index is 643. The molecule has 0 aliphatic carbocycles. The summed E-state index contributed by atoms with van der Waals surface area (Å²) >= 11 is 0. The number of carboxylic acids is 1. The van der Waals surface area contributed by atoms with E-state index in [9.17, 15) is 19.7 Å². The van der Waals surface area contributed by atoms with Crippen molar-refractivity contribution in [3.05, 3.63) is 27.8 Å². The molecular formula is C16H21NO8. The quantitative estimate of drug-likeness (QED) is 0.294. The van der Waals surface area contributed by atoms with Crippen LogP contribution in [0.5, 0.6) is 11.5 Å². The number of aliphatic carboxylic acids is 1. The van der Waals surface area contributed by atoms with Crippen LogP contribution in [0.1, 0.15) is 44.8 Å². The Morgan fingerprint density at radius 2 is 1.96 bits per heavy atom. The molecule has 1 aromatic rings. The molecule has 138 valence electrons. The summed E-state index contributed by atoms with van der Waals surface area (Å²) in [7, 11) is 1.39. The highest BCUT2D eigenvalue weighted by molar-refractivity contribution is 5.67. The highest BCUT2D eigenvalue weighted by Gasteiger charge is 2.25. The molecule has 9 nitrogen and oxygen atoms in total. The fraction of sp³-hybridized carbons (Fsp3) is 0.500. The number of methoxy groups -OCH3 is 1. The third kappa shape index (κ3) is 6.28. The fourth-order valence-corrected chi connectivity index (χ4v) is 2.19. The minimum Gasteiger partial charge on any atom is -0.493 e. The summed E-state index contributed by atoms with van der Waals surface area (Å²) < 4.78 is 15.7. The topological polar surface area (TPSA) is 125 Å². The second-order valence-electron chi connectivity index (χ2n) is 5.27. The summed E-state index contributed by atoms with van der Waals surface area (Å²) in [4.78, 5) is 32.3. The highest BCUT2D eigenvalue weighted by Crippen LogP contribution is 2.38. The second-order valence-corrected chi connectivity index (χ2v) is 5.27. The Labute approximate surface area is 144 Å². The van der Waals surface area contributed by atoms with Crippen LogP contribution in [0.4, 0.5) is 5.69 Å². The molecule has 0 spiro atoms. The van der Waals surface area contributed by atoms with Crippen molar-refractivity contribution < 1.29 is 33.8 Å². The van der Waals surface area contributed by atoms with Gasteiger partial charge >= 0.3 is 11.9 Å². The van der Waals surface area contributed by atoms with Gasteiger partial charge < -0.3 is 19.3 Å². The summed E-state index contributed by atoms with van der Waals surface area (Å²) in [5, 5.41) is 19.9. The van der Waals surface area contributed by atoms with Gasteiger partial charge in [0.05, 0.1) is 30.3 Å². The number of rotatable bonds is 10. The van der Waals surface area contributed by atoms with Gasteiger partial charge in [0, 0.05) is 13.3 Å². The van der Waals surface area contributed by atoms with E-state index in [4.69, 9.17) is 19.3 Å².